The van der Waals surface area contributed by atoms with Crippen LogP contribution in [0.4, 0.5) is 0 Å². The maximum absolute atomic E-state index is 6.83. The second-order valence-electron chi connectivity index (χ2n) is 23.1. The molecule has 8 unspecified atom stereocenters. The molecule has 0 aromatic carbocycles. The van der Waals surface area contributed by atoms with Gasteiger partial charge in [0.25, 0.3) is 0 Å². The van der Waals surface area contributed by atoms with Crippen molar-refractivity contribution < 1.29 is 53.1 Å². The van der Waals surface area contributed by atoms with Crippen molar-refractivity contribution in [2.75, 3.05) is 101 Å². The topological polar surface area (TPSA) is 111 Å². The van der Waals surface area contributed by atoms with Crippen molar-refractivity contribution in [1.82, 2.24) is 0 Å². The smallest absolute Gasteiger partial charge is 0.373 e. The maximum Gasteiger partial charge on any atom is 0.511 e. The summed E-state index contributed by atoms with van der Waals surface area (Å²) >= 11 is 45.5. The Bertz CT molecular complexity index is 1830. The molecule has 0 saturated heterocycles. The van der Waals surface area contributed by atoms with Crippen molar-refractivity contribution in [1.29, 1.82) is 0 Å². The highest BCUT2D eigenvalue weighted by atomic mass is 33.7. The van der Waals surface area contributed by atoms with Gasteiger partial charge in [-0.05, 0) is 171 Å². The highest BCUT2D eigenvalue weighted by molar-refractivity contribution is 9.43. The Labute approximate surface area is 617 Å². The molecule has 0 aliphatic heterocycles. The third kappa shape index (κ3) is 33.5. The van der Waals surface area contributed by atoms with Gasteiger partial charge in [-0.3, -0.25) is 0 Å². The fraction of sp³-hybridized carbons (Fsp3) is 0.931. The average molecular weight is 1650 g/mol. The van der Waals surface area contributed by atoms with Gasteiger partial charge >= 0.3 is 35.2 Å². The number of allylic oxidation sites excluding steroid dienone is 2. The molecule has 0 aliphatic carbocycles. The van der Waals surface area contributed by atoms with Crippen LogP contribution in [0, 0.1) is 29.6 Å². The van der Waals surface area contributed by atoms with Crippen molar-refractivity contribution in [2.45, 2.75) is 221 Å². The van der Waals surface area contributed by atoms with E-state index in [0.717, 1.165) is 56.6 Å². The molecule has 0 aromatic heterocycles. The highest BCUT2D eigenvalue weighted by Gasteiger charge is 2.58. The molecule has 32 heteroatoms. The Morgan fingerprint density at radius 1 is 0.322 bits per heavy atom. The van der Waals surface area contributed by atoms with Gasteiger partial charge < -0.3 is 53.1 Å². The van der Waals surface area contributed by atoms with Crippen LogP contribution in [0.2, 0.25) is 0 Å². The van der Waals surface area contributed by atoms with Crippen LogP contribution in [-0.2, 0) is 53.1 Å². The molecule has 546 valence electrons. The number of rotatable bonds is 60. The minimum atomic E-state index is -3.60. The van der Waals surface area contributed by atoms with Crippen molar-refractivity contribution in [3.8, 4) is 0 Å². The van der Waals surface area contributed by atoms with Crippen LogP contribution in [0.25, 0.3) is 0 Å². The Balaban J connectivity index is 9.36. The van der Waals surface area contributed by atoms with E-state index in [9.17, 15) is 0 Å². The standard InChI is InChI=1S/C58H130O12S16Si4/c1-20-59-87(60-21-2,61-22-3)46-83(75,79-71)56(45-54(18)44-36-43-52(16)39-33-32-38-51(15)41-35-42-53(17)40-34-37-50(13)14)57(84(76,80-72)47-88(62-23-4,63-24-5)64-25-6)55(19)58(85(77,81-73)48-89(65-26-7,66-27-8)67-28-9)86(78,82-74)49-90(68-29-10,69-30-11)70-31-12/h50-54,71-78H,20-49H2,1-19H3. The molecule has 0 rings (SSSR count). The van der Waals surface area contributed by atoms with E-state index in [4.69, 9.17) is 146 Å². The summed E-state index contributed by atoms with van der Waals surface area (Å²) in [6.07, 6.45) is 17.0. The number of hydrogen-bond acceptors (Lipinski definition) is 24. The van der Waals surface area contributed by atoms with Gasteiger partial charge in [0.05, 0.1) is 21.5 Å². The van der Waals surface area contributed by atoms with Gasteiger partial charge in [-0.15, -0.1) is 109 Å². The van der Waals surface area contributed by atoms with Gasteiger partial charge in [-0.1, -0.05) is 141 Å². The van der Waals surface area contributed by atoms with E-state index >= 15 is 0 Å². The van der Waals surface area contributed by atoms with Crippen molar-refractivity contribution in [2.24, 2.45) is 29.6 Å². The molecule has 0 radical (unpaired) electrons. The monoisotopic (exact) mass is 1640 g/mol. The Morgan fingerprint density at radius 2 is 0.544 bits per heavy atom. The molecular formula is C58H130O12S16Si4. The Hall–Kier alpha value is 5.47. The first-order valence-electron chi connectivity index (χ1n) is 33.2. The minimum absolute atomic E-state index is 0.163. The summed E-state index contributed by atoms with van der Waals surface area (Å²) in [5.41, 5.74) is 0.883. The van der Waals surface area contributed by atoms with E-state index in [2.05, 4.69) is 48.5 Å². The maximum atomic E-state index is 6.83. The molecule has 8 atom stereocenters. The third-order valence-electron chi connectivity index (χ3n) is 15.0. The van der Waals surface area contributed by atoms with Gasteiger partial charge in [0.15, 0.2) is 0 Å². The first kappa shape index (κ1) is 95.5. The molecular weight excluding hydrogens is 1510 g/mol. The van der Waals surface area contributed by atoms with Crippen LogP contribution in [0.1, 0.15) is 221 Å². The molecule has 0 bridgehead atoms. The van der Waals surface area contributed by atoms with Crippen molar-refractivity contribution in [3.63, 3.8) is 0 Å². The second-order valence-corrected chi connectivity index (χ2v) is 68.8. The van der Waals surface area contributed by atoms with Gasteiger partial charge in [0.1, 0.15) is 0 Å². The van der Waals surface area contributed by atoms with Crippen LogP contribution in [-0.4, -0.2) is 136 Å². The summed E-state index contributed by atoms with van der Waals surface area (Å²) in [6.45, 7) is 44.8. The van der Waals surface area contributed by atoms with Gasteiger partial charge in [0.2, 0.25) is 0 Å². The predicted octanol–water partition coefficient (Wildman–Crippen LogP) is 23.0. The molecule has 0 fully saturated rings. The SMILES string of the molecule is CCO[Si](CS(S)(SS)C(CC(C)CCCC(C)CCCCC(C)CCCC(C)CCCC(C)C)=C(C(C)=C(S(S)(C[Si](OCC)(OCC)OCC)SS)S(S)(C[Si](OCC)(OCC)OCC)SS)S(S)(C[Si](OCC)(OCC)OCC)SS)(OCC)OCC. The van der Waals surface area contributed by atoms with E-state index in [-0.39, 0.29) is 16.7 Å². The summed E-state index contributed by atoms with van der Waals surface area (Å²) in [5.74, 6) is 3.18. The zero-order chi connectivity index (χ0) is 68.7. The molecule has 0 aliphatic rings. The first-order valence-corrected chi connectivity index (χ1v) is 61.8. The molecule has 0 aromatic rings. The van der Waals surface area contributed by atoms with Crippen LogP contribution in [0.15, 0.2) is 19.6 Å². The molecule has 90 heavy (non-hydrogen) atoms. The van der Waals surface area contributed by atoms with Crippen LogP contribution >= 0.6 is 165 Å². The zero-order valence-electron chi connectivity index (χ0n) is 58.8. The fourth-order valence-corrected chi connectivity index (χ4v) is 74.1. The van der Waals surface area contributed by atoms with E-state index < -0.39 is 67.6 Å². The third-order valence-corrected chi connectivity index (χ3v) is 76.3. The average Bonchev–Trinajstić information content (AvgIpc) is 0.740. The quantitative estimate of drug-likeness (QED) is 0.00972. The largest absolute Gasteiger partial charge is 0.511 e. The summed E-state index contributed by atoms with van der Waals surface area (Å²) < 4.78 is 82.4. The lowest BCUT2D eigenvalue weighted by Gasteiger charge is -2.52. The van der Waals surface area contributed by atoms with Crippen LogP contribution in [0.5, 0.6) is 0 Å². The van der Waals surface area contributed by atoms with Crippen LogP contribution < -0.4 is 0 Å². The normalized spacial score (nSPS) is 18.8. The molecule has 12 nitrogen and oxygen atoms in total. The Morgan fingerprint density at radius 3 is 0.789 bits per heavy atom. The van der Waals surface area contributed by atoms with E-state index in [1.54, 1.807) is 0 Å². The molecule has 0 spiro atoms. The molecule has 0 saturated carbocycles. The second kappa shape index (κ2) is 51.6. The number of thiol groups is 8. The number of unbranched alkanes of at least 4 members (excludes halogenated alkanes) is 1. The molecule has 0 heterocycles. The first-order chi connectivity index (χ1) is 42.6. The lowest BCUT2D eigenvalue weighted by Crippen LogP contribution is -2.52. The molecule has 0 amide bonds. The van der Waals surface area contributed by atoms with E-state index in [0.29, 0.717) is 102 Å². The summed E-state index contributed by atoms with van der Waals surface area (Å²) in [6, 6.07) is 0. The number of hydrogen-bond donors (Lipinski definition) is 8. The Kier molecular flexibility index (Phi) is 54.7. The lowest BCUT2D eigenvalue weighted by molar-refractivity contribution is 0.0764. The fourth-order valence-electron chi connectivity index (χ4n) is 11.3. The highest BCUT2D eigenvalue weighted by Crippen LogP contribution is 2.90. The van der Waals surface area contributed by atoms with Crippen molar-refractivity contribution in [3.05, 3.63) is 19.6 Å². The van der Waals surface area contributed by atoms with Gasteiger partial charge in [-0.2, -0.15) is 0 Å². The summed E-state index contributed by atoms with van der Waals surface area (Å²) in [4.78, 5) is 2.01. The zero-order valence-corrected chi connectivity index (χ0v) is 76.5. The summed E-state index contributed by atoms with van der Waals surface area (Å²) in [5, 5.41) is 1.19. The van der Waals surface area contributed by atoms with E-state index in [1.165, 1.54) is 104 Å². The predicted molar refractivity (Wildman–Crippen MR) is 450 cm³/mol. The van der Waals surface area contributed by atoms with Crippen molar-refractivity contribution >= 4 is 200 Å². The minimum Gasteiger partial charge on any atom is -0.373 e. The summed E-state index contributed by atoms with van der Waals surface area (Å²) in [7, 11) is -19.1. The van der Waals surface area contributed by atoms with E-state index in [1.807, 2.05) is 83.1 Å². The van der Waals surface area contributed by atoms with Crippen LogP contribution in [0.3, 0.4) is 0 Å². The molecule has 0 N–H and O–H groups in total. The lowest BCUT2D eigenvalue weighted by atomic mass is 9.90. The van der Waals surface area contributed by atoms with Gasteiger partial charge in [0, 0.05) is 93.3 Å². The van der Waals surface area contributed by atoms with Gasteiger partial charge in [-0.25, -0.2) is 0 Å².